The number of urea groups is 1. The SMILES string of the molecule is O=C(CCC1CCCC1)N1CCN(C(=O)Nc2cccc(Cl)c2)CC1. The molecule has 1 saturated heterocycles. The number of amides is 3. The highest BCUT2D eigenvalue weighted by atomic mass is 35.5. The Morgan fingerprint density at radius 2 is 1.76 bits per heavy atom. The Balaban J connectivity index is 1.41. The zero-order chi connectivity index (χ0) is 17.6. The molecule has 1 saturated carbocycles. The second kappa shape index (κ2) is 8.56. The third kappa shape index (κ3) is 5.11. The average molecular weight is 364 g/mol. The first kappa shape index (κ1) is 18.1. The molecule has 0 radical (unpaired) electrons. The van der Waals surface area contributed by atoms with Crippen molar-refractivity contribution in [2.24, 2.45) is 5.92 Å². The van der Waals surface area contributed by atoms with E-state index in [2.05, 4.69) is 5.32 Å². The molecular weight excluding hydrogens is 338 g/mol. The zero-order valence-corrected chi connectivity index (χ0v) is 15.3. The average Bonchev–Trinajstić information content (AvgIpc) is 3.13. The summed E-state index contributed by atoms with van der Waals surface area (Å²) in [5.41, 5.74) is 0.688. The summed E-state index contributed by atoms with van der Waals surface area (Å²) < 4.78 is 0. The Labute approximate surface area is 154 Å². The fourth-order valence-electron chi connectivity index (χ4n) is 3.71. The van der Waals surface area contributed by atoms with Crippen LogP contribution in [0, 0.1) is 5.92 Å². The van der Waals surface area contributed by atoms with Gasteiger partial charge in [-0.1, -0.05) is 43.4 Å². The molecule has 25 heavy (non-hydrogen) atoms. The fraction of sp³-hybridized carbons (Fsp3) is 0.579. The fourth-order valence-corrected chi connectivity index (χ4v) is 3.90. The molecule has 136 valence electrons. The van der Waals surface area contributed by atoms with Crippen molar-refractivity contribution in [3.8, 4) is 0 Å². The second-order valence-electron chi connectivity index (χ2n) is 7.00. The van der Waals surface area contributed by atoms with E-state index in [4.69, 9.17) is 11.6 Å². The smallest absolute Gasteiger partial charge is 0.321 e. The molecule has 1 aliphatic carbocycles. The molecule has 0 atom stereocenters. The van der Waals surface area contributed by atoms with Crippen LogP contribution in [-0.2, 0) is 4.79 Å². The number of hydrogen-bond acceptors (Lipinski definition) is 2. The number of piperazine rings is 1. The van der Waals surface area contributed by atoms with Crippen molar-refractivity contribution < 1.29 is 9.59 Å². The van der Waals surface area contributed by atoms with Gasteiger partial charge < -0.3 is 15.1 Å². The number of nitrogens with zero attached hydrogens (tertiary/aromatic N) is 2. The van der Waals surface area contributed by atoms with Crippen molar-refractivity contribution in [3.63, 3.8) is 0 Å². The highest BCUT2D eigenvalue weighted by Gasteiger charge is 2.25. The van der Waals surface area contributed by atoms with Gasteiger partial charge in [0.2, 0.25) is 5.91 Å². The molecule has 6 heteroatoms. The Morgan fingerprint density at radius 1 is 1.08 bits per heavy atom. The van der Waals surface area contributed by atoms with Crippen molar-refractivity contribution >= 4 is 29.2 Å². The van der Waals surface area contributed by atoms with Crippen molar-refractivity contribution in [2.45, 2.75) is 38.5 Å². The number of halogens is 1. The number of anilines is 1. The Morgan fingerprint density at radius 3 is 2.44 bits per heavy atom. The van der Waals surface area contributed by atoms with E-state index in [0.717, 1.165) is 12.3 Å². The van der Waals surface area contributed by atoms with Gasteiger partial charge in [0.25, 0.3) is 0 Å². The predicted octanol–water partition coefficient (Wildman–Crippen LogP) is 3.99. The number of benzene rings is 1. The maximum Gasteiger partial charge on any atom is 0.321 e. The lowest BCUT2D eigenvalue weighted by molar-refractivity contribution is -0.132. The van der Waals surface area contributed by atoms with Gasteiger partial charge in [-0.15, -0.1) is 0 Å². The third-order valence-corrected chi connectivity index (χ3v) is 5.47. The first-order chi connectivity index (χ1) is 12.1. The standard InChI is InChI=1S/C19H26ClN3O2/c20-16-6-3-7-17(14-16)21-19(25)23-12-10-22(11-13-23)18(24)9-8-15-4-1-2-5-15/h3,6-7,14-15H,1-2,4-5,8-13H2,(H,21,25). The van der Waals surface area contributed by atoms with E-state index < -0.39 is 0 Å². The molecule has 2 aliphatic rings. The summed E-state index contributed by atoms with van der Waals surface area (Å²) in [6.45, 7) is 2.38. The van der Waals surface area contributed by atoms with Gasteiger partial charge in [0, 0.05) is 43.3 Å². The monoisotopic (exact) mass is 363 g/mol. The highest BCUT2D eigenvalue weighted by Crippen LogP contribution is 2.28. The van der Waals surface area contributed by atoms with Crippen LogP contribution in [0.25, 0.3) is 0 Å². The van der Waals surface area contributed by atoms with Crippen LogP contribution in [0.1, 0.15) is 38.5 Å². The summed E-state index contributed by atoms with van der Waals surface area (Å²) in [4.78, 5) is 28.3. The van der Waals surface area contributed by atoms with E-state index in [9.17, 15) is 9.59 Å². The van der Waals surface area contributed by atoms with E-state index in [1.165, 1.54) is 25.7 Å². The molecule has 0 bridgehead atoms. The molecule has 0 unspecified atom stereocenters. The van der Waals surface area contributed by atoms with Gasteiger partial charge >= 0.3 is 6.03 Å². The van der Waals surface area contributed by atoms with Crippen molar-refractivity contribution in [2.75, 3.05) is 31.5 Å². The third-order valence-electron chi connectivity index (χ3n) is 5.24. The lowest BCUT2D eigenvalue weighted by Gasteiger charge is -2.35. The molecule has 5 nitrogen and oxygen atoms in total. The molecule has 0 aromatic heterocycles. The minimum absolute atomic E-state index is 0.139. The molecule has 1 aromatic carbocycles. The quantitative estimate of drug-likeness (QED) is 0.879. The lowest BCUT2D eigenvalue weighted by atomic mass is 10.0. The molecular formula is C19H26ClN3O2. The second-order valence-corrected chi connectivity index (χ2v) is 7.43. The van der Waals surface area contributed by atoms with E-state index in [-0.39, 0.29) is 11.9 Å². The van der Waals surface area contributed by atoms with Crippen LogP contribution < -0.4 is 5.32 Å². The van der Waals surface area contributed by atoms with Crippen molar-refractivity contribution in [1.82, 2.24) is 9.80 Å². The van der Waals surface area contributed by atoms with E-state index >= 15 is 0 Å². The maximum atomic E-state index is 12.4. The van der Waals surface area contributed by atoms with Gasteiger partial charge in [0.1, 0.15) is 0 Å². The van der Waals surface area contributed by atoms with Gasteiger partial charge in [-0.3, -0.25) is 4.79 Å². The molecule has 1 aromatic rings. The summed E-state index contributed by atoms with van der Waals surface area (Å²) in [5.74, 6) is 0.982. The zero-order valence-electron chi connectivity index (χ0n) is 14.5. The number of carbonyl (C=O) groups excluding carboxylic acids is 2. The molecule has 1 N–H and O–H groups in total. The van der Waals surface area contributed by atoms with Gasteiger partial charge in [-0.2, -0.15) is 0 Å². The summed E-state index contributed by atoms with van der Waals surface area (Å²) in [6, 6.07) is 6.97. The van der Waals surface area contributed by atoms with Crippen LogP contribution in [0.5, 0.6) is 0 Å². The molecule has 1 aliphatic heterocycles. The largest absolute Gasteiger partial charge is 0.339 e. The molecule has 0 spiro atoms. The van der Waals surface area contributed by atoms with Crippen LogP contribution in [0.3, 0.4) is 0 Å². The van der Waals surface area contributed by atoms with E-state index in [0.29, 0.717) is 43.3 Å². The Bertz CT molecular complexity index is 608. The summed E-state index contributed by atoms with van der Waals surface area (Å²) in [5, 5.41) is 3.45. The molecule has 3 amide bonds. The van der Waals surface area contributed by atoms with Crippen LogP contribution in [-0.4, -0.2) is 47.9 Å². The Kier molecular flexibility index (Phi) is 6.19. The summed E-state index contributed by atoms with van der Waals surface area (Å²) >= 11 is 5.94. The summed E-state index contributed by atoms with van der Waals surface area (Å²) in [6.07, 6.45) is 6.88. The summed E-state index contributed by atoms with van der Waals surface area (Å²) in [7, 11) is 0. The normalized spacial score (nSPS) is 18.4. The first-order valence-electron chi connectivity index (χ1n) is 9.21. The molecule has 1 heterocycles. The molecule has 2 fully saturated rings. The molecule has 3 rings (SSSR count). The van der Waals surface area contributed by atoms with Crippen molar-refractivity contribution in [1.29, 1.82) is 0 Å². The van der Waals surface area contributed by atoms with Gasteiger partial charge in [-0.25, -0.2) is 4.79 Å². The highest BCUT2D eigenvalue weighted by molar-refractivity contribution is 6.30. The van der Waals surface area contributed by atoms with Crippen LogP contribution in [0.15, 0.2) is 24.3 Å². The number of carbonyl (C=O) groups is 2. The predicted molar refractivity (Wildman–Crippen MR) is 99.8 cm³/mol. The van der Waals surface area contributed by atoms with E-state index in [1.807, 2.05) is 11.0 Å². The van der Waals surface area contributed by atoms with E-state index in [1.54, 1.807) is 23.1 Å². The Hall–Kier alpha value is -1.75. The minimum Gasteiger partial charge on any atom is -0.339 e. The van der Waals surface area contributed by atoms with Gasteiger partial charge in [0.05, 0.1) is 0 Å². The van der Waals surface area contributed by atoms with Gasteiger partial charge in [0.15, 0.2) is 0 Å². The lowest BCUT2D eigenvalue weighted by Crippen LogP contribution is -2.51. The van der Waals surface area contributed by atoms with Crippen molar-refractivity contribution in [3.05, 3.63) is 29.3 Å². The maximum absolute atomic E-state index is 12.4. The number of hydrogen-bond donors (Lipinski definition) is 1. The number of nitrogens with one attached hydrogen (secondary N) is 1. The van der Waals surface area contributed by atoms with Gasteiger partial charge in [-0.05, 0) is 30.5 Å². The first-order valence-corrected chi connectivity index (χ1v) is 9.59. The topological polar surface area (TPSA) is 52.7 Å². The number of rotatable bonds is 4. The van der Waals surface area contributed by atoms with Crippen LogP contribution in [0.2, 0.25) is 5.02 Å². The minimum atomic E-state index is -0.139. The van der Waals surface area contributed by atoms with Crippen LogP contribution in [0.4, 0.5) is 10.5 Å². The van der Waals surface area contributed by atoms with Crippen LogP contribution >= 0.6 is 11.6 Å².